The maximum absolute atomic E-state index is 13.3. The molecule has 0 N–H and O–H groups in total. The molecule has 4 aromatic carbocycles. The van der Waals surface area contributed by atoms with E-state index in [9.17, 15) is 9.59 Å². The van der Waals surface area contributed by atoms with Gasteiger partial charge in [0.1, 0.15) is 49.4 Å². The molecular formula is C45H53N5O8. The maximum atomic E-state index is 13.3. The average Bonchev–Trinajstić information content (AvgIpc) is 3.24. The van der Waals surface area contributed by atoms with E-state index in [1.807, 2.05) is 135 Å². The van der Waals surface area contributed by atoms with E-state index >= 15 is 0 Å². The van der Waals surface area contributed by atoms with Crippen molar-refractivity contribution < 1.29 is 38.0 Å². The second-order valence-electron chi connectivity index (χ2n) is 13.8. The van der Waals surface area contributed by atoms with Crippen molar-refractivity contribution in [3.05, 3.63) is 138 Å². The van der Waals surface area contributed by atoms with Crippen LogP contribution in [0.4, 0.5) is 21.0 Å². The average molecular weight is 792 g/mol. The van der Waals surface area contributed by atoms with Gasteiger partial charge in [0.25, 0.3) is 0 Å². The molecule has 0 saturated carbocycles. The van der Waals surface area contributed by atoms with E-state index in [4.69, 9.17) is 28.4 Å². The molecule has 0 aliphatic heterocycles. The Balaban J connectivity index is 1.10. The van der Waals surface area contributed by atoms with E-state index in [-0.39, 0.29) is 26.4 Å². The number of nitrogens with zero attached hydrogens (tertiary/aromatic N) is 5. The van der Waals surface area contributed by atoms with Crippen LogP contribution in [0.3, 0.4) is 0 Å². The van der Waals surface area contributed by atoms with Crippen LogP contribution in [-0.4, -0.2) is 95.8 Å². The monoisotopic (exact) mass is 791 g/mol. The van der Waals surface area contributed by atoms with E-state index in [0.29, 0.717) is 37.7 Å². The molecular weight excluding hydrogens is 739 g/mol. The Kier molecular flexibility index (Phi) is 15.8. The van der Waals surface area contributed by atoms with Crippen molar-refractivity contribution >= 4 is 23.6 Å². The molecule has 1 aromatic heterocycles. The summed E-state index contributed by atoms with van der Waals surface area (Å²) < 4.78 is 33.5. The molecule has 0 atom stereocenters. The lowest BCUT2D eigenvalue weighted by Gasteiger charge is -2.23. The smallest absolute Gasteiger partial charge is 0.410 e. The van der Waals surface area contributed by atoms with Crippen LogP contribution in [0.5, 0.6) is 23.0 Å². The summed E-state index contributed by atoms with van der Waals surface area (Å²) in [5.74, 6) is 2.35. The van der Waals surface area contributed by atoms with Gasteiger partial charge in [0.05, 0.1) is 26.6 Å². The fourth-order valence-corrected chi connectivity index (χ4v) is 5.83. The molecule has 0 spiro atoms. The van der Waals surface area contributed by atoms with Crippen molar-refractivity contribution in [3.63, 3.8) is 0 Å². The highest BCUT2D eigenvalue weighted by molar-refractivity contribution is 5.68. The molecule has 2 amide bonds. The zero-order valence-electron chi connectivity index (χ0n) is 34.1. The lowest BCUT2D eigenvalue weighted by Crippen LogP contribution is -2.31. The summed E-state index contributed by atoms with van der Waals surface area (Å²) in [7, 11) is 11.2. The Hall–Kier alpha value is -6.63. The Morgan fingerprint density at radius 3 is 1.10 bits per heavy atom. The van der Waals surface area contributed by atoms with Crippen molar-refractivity contribution in [2.45, 2.75) is 26.2 Å². The van der Waals surface area contributed by atoms with Gasteiger partial charge in [-0.25, -0.2) is 9.59 Å². The van der Waals surface area contributed by atoms with E-state index < -0.39 is 12.2 Å². The van der Waals surface area contributed by atoms with Crippen LogP contribution in [0.2, 0.25) is 0 Å². The number of rotatable bonds is 20. The number of amides is 2. The van der Waals surface area contributed by atoms with Gasteiger partial charge in [-0.05, 0) is 70.8 Å². The zero-order chi connectivity index (χ0) is 41.3. The normalized spacial score (nSPS) is 10.6. The van der Waals surface area contributed by atoms with E-state index in [1.54, 1.807) is 42.5 Å². The third kappa shape index (κ3) is 13.2. The van der Waals surface area contributed by atoms with Gasteiger partial charge in [0.2, 0.25) is 0 Å². The van der Waals surface area contributed by atoms with Gasteiger partial charge in [-0.1, -0.05) is 48.5 Å². The lowest BCUT2D eigenvalue weighted by molar-refractivity contribution is 0.0828. The first-order valence-corrected chi connectivity index (χ1v) is 18.9. The first-order valence-electron chi connectivity index (χ1n) is 18.9. The molecule has 0 radical (unpaired) electrons. The quantitative estimate of drug-likeness (QED) is 0.0724. The van der Waals surface area contributed by atoms with Gasteiger partial charge < -0.3 is 38.2 Å². The molecule has 0 aliphatic carbocycles. The Morgan fingerprint density at radius 2 is 0.793 bits per heavy atom. The fraction of sp³-hybridized carbons (Fsp3) is 0.311. The molecule has 13 heteroatoms. The number of pyridine rings is 1. The molecule has 5 aromatic rings. The largest absolute Gasteiger partial charge is 0.497 e. The van der Waals surface area contributed by atoms with Crippen molar-refractivity contribution in [3.8, 4) is 23.0 Å². The summed E-state index contributed by atoms with van der Waals surface area (Å²) in [5, 5.41) is 0. The van der Waals surface area contributed by atoms with Gasteiger partial charge in [0, 0.05) is 71.8 Å². The molecule has 58 heavy (non-hydrogen) atoms. The third-order valence-electron chi connectivity index (χ3n) is 9.08. The number of benzene rings is 4. The van der Waals surface area contributed by atoms with Crippen molar-refractivity contribution in [2.75, 3.05) is 78.6 Å². The summed E-state index contributed by atoms with van der Waals surface area (Å²) in [4.78, 5) is 38.2. The van der Waals surface area contributed by atoms with Crippen LogP contribution in [0.1, 0.15) is 22.3 Å². The minimum absolute atomic E-state index is 0.0192. The maximum Gasteiger partial charge on any atom is 0.410 e. The molecule has 0 bridgehead atoms. The lowest BCUT2D eigenvalue weighted by atomic mass is 10.1. The van der Waals surface area contributed by atoms with E-state index in [0.717, 1.165) is 45.1 Å². The highest BCUT2D eigenvalue weighted by Crippen LogP contribution is 2.21. The molecule has 0 fully saturated rings. The Labute approximate surface area is 341 Å². The number of carbonyl (C=O) groups is 2. The molecule has 1 heterocycles. The highest BCUT2D eigenvalue weighted by Gasteiger charge is 2.19. The first-order chi connectivity index (χ1) is 28.1. The van der Waals surface area contributed by atoms with E-state index in [2.05, 4.69) is 4.98 Å². The van der Waals surface area contributed by atoms with Crippen LogP contribution in [-0.2, 0) is 35.7 Å². The molecule has 306 valence electrons. The standard InChI is InChI=1S/C45H53N5O8/c1-47(2)38-15-7-34(8-16-38)30-49(32-36-11-19-40(53-5)20-12-36)44(51)57-25-23-55-42-27-43(29-46-28-42)56-24-26-58-45(52)50(33-37-13-21-41(54-6)22-14-37)31-35-9-17-39(18-10-35)48(3)4/h7-22,27-29H,23-26,30-33H2,1-6H3. The zero-order valence-corrected chi connectivity index (χ0v) is 34.1. The summed E-state index contributed by atoms with van der Waals surface area (Å²) >= 11 is 0. The number of anilines is 2. The van der Waals surface area contributed by atoms with Crippen LogP contribution >= 0.6 is 0 Å². The number of carbonyl (C=O) groups excluding carboxylic acids is 2. The number of hydrogen-bond donors (Lipinski definition) is 0. The molecule has 0 saturated heterocycles. The number of hydrogen-bond acceptors (Lipinski definition) is 11. The van der Waals surface area contributed by atoms with Crippen LogP contribution in [0.15, 0.2) is 116 Å². The van der Waals surface area contributed by atoms with Crippen LogP contribution in [0.25, 0.3) is 0 Å². The predicted molar refractivity (Wildman–Crippen MR) is 224 cm³/mol. The SMILES string of the molecule is COc1ccc(CN(Cc2ccc(N(C)C)cc2)C(=O)OCCOc2cncc(OCCOC(=O)N(Cc3ccc(OC)cc3)Cc3ccc(N(C)C)cc3)c2)cc1. The minimum atomic E-state index is -0.467. The molecule has 0 unspecified atom stereocenters. The van der Waals surface area contributed by atoms with Crippen LogP contribution < -0.4 is 28.7 Å². The Bertz CT molecular complexity index is 1870. The Morgan fingerprint density at radius 1 is 0.466 bits per heavy atom. The van der Waals surface area contributed by atoms with Crippen molar-refractivity contribution in [2.24, 2.45) is 0 Å². The third-order valence-corrected chi connectivity index (χ3v) is 9.08. The molecule has 13 nitrogen and oxygen atoms in total. The van der Waals surface area contributed by atoms with Crippen molar-refractivity contribution in [1.29, 1.82) is 0 Å². The van der Waals surface area contributed by atoms with Gasteiger partial charge in [0.15, 0.2) is 0 Å². The molecule has 0 aliphatic rings. The number of methoxy groups -OCH3 is 2. The van der Waals surface area contributed by atoms with Gasteiger partial charge in [-0.3, -0.25) is 14.8 Å². The number of ether oxygens (including phenoxy) is 6. The molecule has 5 rings (SSSR count). The summed E-state index contributed by atoms with van der Waals surface area (Å²) in [6, 6.07) is 32.9. The van der Waals surface area contributed by atoms with Gasteiger partial charge >= 0.3 is 12.2 Å². The van der Waals surface area contributed by atoms with Crippen LogP contribution in [0, 0.1) is 0 Å². The van der Waals surface area contributed by atoms with Gasteiger partial charge in [-0.15, -0.1) is 0 Å². The first kappa shape index (κ1) is 42.5. The second-order valence-corrected chi connectivity index (χ2v) is 13.8. The highest BCUT2D eigenvalue weighted by atomic mass is 16.6. The van der Waals surface area contributed by atoms with Crippen molar-refractivity contribution in [1.82, 2.24) is 14.8 Å². The summed E-state index contributed by atoms with van der Waals surface area (Å²) in [6.45, 7) is 1.67. The second kappa shape index (κ2) is 21.6. The number of aromatic nitrogens is 1. The predicted octanol–water partition coefficient (Wildman–Crippen LogP) is 7.67. The summed E-state index contributed by atoms with van der Waals surface area (Å²) in [6.07, 6.45) is 2.16. The summed E-state index contributed by atoms with van der Waals surface area (Å²) in [5.41, 5.74) is 5.96. The fourth-order valence-electron chi connectivity index (χ4n) is 5.83. The minimum Gasteiger partial charge on any atom is -0.497 e. The van der Waals surface area contributed by atoms with E-state index in [1.165, 1.54) is 0 Å². The topological polar surface area (TPSA) is 115 Å². The van der Waals surface area contributed by atoms with Gasteiger partial charge in [-0.2, -0.15) is 0 Å².